The molecule has 10 nitrogen and oxygen atoms in total. The molecule has 0 aliphatic heterocycles. The molecule has 0 aliphatic carbocycles. The normalized spacial score (nSPS) is 13.4. The molecule has 0 fully saturated rings. The number of carbonyl (C=O) groups excluding carboxylic acids is 1. The molecule has 1 heterocycles. The van der Waals surface area contributed by atoms with Gasteiger partial charge in [-0.1, -0.05) is 25.6 Å². The molecule has 0 spiro atoms. The third-order valence-corrected chi connectivity index (χ3v) is 14.4. The summed E-state index contributed by atoms with van der Waals surface area (Å²) in [6.07, 6.45) is 1.48. The van der Waals surface area contributed by atoms with E-state index in [2.05, 4.69) is 50.8 Å². The average Bonchev–Trinajstić information content (AvgIpc) is 3.31. The Morgan fingerprint density at radius 2 is 1.61 bits per heavy atom. The van der Waals surface area contributed by atoms with Crippen LogP contribution in [0.4, 0.5) is 0 Å². The minimum Gasteiger partial charge on any atom is -0.503 e. The van der Waals surface area contributed by atoms with Gasteiger partial charge in [0.2, 0.25) is 5.89 Å². The third kappa shape index (κ3) is 10.6. The van der Waals surface area contributed by atoms with Gasteiger partial charge in [-0.3, -0.25) is 0 Å². The quantitative estimate of drug-likeness (QED) is 0.0439. The number of aliphatic carboxylic acids is 1. The molecule has 0 amide bonds. The molecule has 13 heteroatoms. The maximum atomic E-state index is 12.3. The van der Waals surface area contributed by atoms with Crippen molar-refractivity contribution in [3.63, 3.8) is 0 Å². The molecule has 1 unspecified atom stereocenters. The summed E-state index contributed by atoms with van der Waals surface area (Å²) >= 11 is 0. The fourth-order valence-corrected chi connectivity index (χ4v) is 14.5. The number of oxazole rings is 1. The summed E-state index contributed by atoms with van der Waals surface area (Å²) in [5.74, 6) is -0.882. The van der Waals surface area contributed by atoms with E-state index in [1.54, 1.807) is 49.4 Å². The number of hydrogen-bond acceptors (Lipinski definition) is 9. The molecule has 0 aliphatic rings. The van der Waals surface area contributed by atoms with Crippen LogP contribution >= 0.6 is 0 Å². The lowest BCUT2D eigenvalue weighted by Crippen LogP contribution is -2.54. The topological polar surface area (TPSA) is 127 Å². The first-order valence-electron chi connectivity index (χ1n) is 14.4. The van der Waals surface area contributed by atoms with E-state index in [9.17, 15) is 14.7 Å². The van der Waals surface area contributed by atoms with Gasteiger partial charge in [-0.15, -0.1) is 0 Å². The van der Waals surface area contributed by atoms with Crippen LogP contribution in [0.3, 0.4) is 0 Å². The predicted molar refractivity (Wildman–Crippen MR) is 177 cm³/mol. The van der Waals surface area contributed by atoms with Gasteiger partial charge < -0.3 is 31.7 Å². The summed E-state index contributed by atoms with van der Waals surface area (Å²) < 4.78 is 36.0. The highest BCUT2D eigenvalue weighted by Crippen LogP contribution is 2.29. The van der Waals surface area contributed by atoms with E-state index in [1.165, 1.54) is 6.08 Å². The lowest BCUT2D eigenvalue weighted by molar-refractivity contribution is -0.147. The van der Waals surface area contributed by atoms with Crippen LogP contribution in [-0.2, 0) is 27.0 Å². The van der Waals surface area contributed by atoms with Gasteiger partial charge in [0.1, 0.15) is 29.2 Å². The summed E-state index contributed by atoms with van der Waals surface area (Å²) in [4.78, 5) is 28.5. The molecule has 44 heavy (non-hydrogen) atoms. The first-order valence-corrected chi connectivity index (χ1v) is 23.5. The van der Waals surface area contributed by atoms with Gasteiger partial charge in [0.15, 0.2) is 22.2 Å². The van der Waals surface area contributed by atoms with Crippen LogP contribution in [0.15, 0.2) is 64.8 Å². The Morgan fingerprint density at radius 3 is 2.16 bits per heavy atom. The smallest absolute Gasteiger partial charge is 0.503 e. The number of rotatable bonds is 15. The molecule has 238 valence electrons. The zero-order chi connectivity index (χ0) is 32.9. The summed E-state index contributed by atoms with van der Waals surface area (Å²) in [6, 6.07) is 12.2. The predicted octanol–water partition coefficient (Wildman–Crippen LogP) is 7.49. The maximum absolute atomic E-state index is 12.3. The van der Waals surface area contributed by atoms with E-state index in [0.29, 0.717) is 46.0 Å². The summed E-state index contributed by atoms with van der Waals surface area (Å²) in [7, 11) is -6.86. The van der Waals surface area contributed by atoms with Crippen molar-refractivity contribution < 1.29 is 41.2 Å². The molecule has 2 aromatic carbocycles. The van der Waals surface area contributed by atoms with Gasteiger partial charge in [-0.25, -0.2) is 14.6 Å². The highest BCUT2D eigenvalue weighted by atomic mass is 28.5. The van der Waals surface area contributed by atoms with Crippen molar-refractivity contribution in [1.29, 1.82) is 0 Å². The number of hydrogen-bond donors (Lipinski definition) is 1. The Morgan fingerprint density at radius 1 is 1.00 bits per heavy atom. The molecule has 0 radical (unpaired) electrons. The second kappa shape index (κ2) is 14.1. The van der Waals surface area contributed by atoms with Gasteiger partial charge in [0.25, 0.3) is 0 Å². The molecule has 0 saturated heterocycles. The standard InChI is InChI=1S/C31H43NO9Si3/c1-11-21(2)37-31(35)26(30(33)34)18-23-12-14-24(15-13-23)29-32-27-17-16-25(19-28(27)38-29)36-20-22(3)39-44(10,40-42(4,5)6)41-43(7,8)9/h12-19,21H,3,11,20H2,1-2,4-10H3,(H,33,34). The summed E-state index contributed by atoms with van der Waals surface area (Å²) in [5.41, 5.74) is 1.91. The third-order valence-electron chi connectivity index (χ3n) is 5.87. The van der Waals surface area contributed by atoms with Crippen molar-refractivity contribution in [3.05, 3.63) is 65.9 Å². The Kier molecular flexibility index (Phi) is 11.2. The first kappa shape index (κ1) is 35.0. The van der Waals surface area contributed by atoms with Crippen LogP contribution in [0.2, 0.25) is 45.8 Å². The van der Waals surface area contributed by atoms with Crippen LogP contribution in [0.5, 0.6) is 5.75 Å². The second-order valence-electron chi connectivity index (χ2n) is 12.5. The molecular weight excluding hydrogens is 615 g/mol. The van der Waals surface area contributed by atoms with Crippen molar-refractivity contribution in [2.45, 2.75) is 72.2 Å². The van der Waals surface area contributed by atoms with E-state index >= 15 is 0 Å². The Bertz CT molecular complexity index is 1500. The van der Waals surface area contributed by atoms with Crippen LogP contribution in [0, 0.1) is 0 Å². The Labute approximate surface area is 262 Å². The summed E-state index contributed by atoms with van der Waals surface area (Å²) in [5, 5.41) is 9.50. The van der Waals surface area contributed by atoms with Gasteiger partial charge in [0.05, 0.1) is 6.10 Å². The largest absolute Gasteiger partial charge is 0.541 e. The van der Waals surface area contributed by atoms with E-state index < -0.39 is 43.0 Å². The van der Waals surface area contributed by atoms with Crippen molar-refractivity contribution in [2.24, 2.45) is 0 Å². The summed E-state index contributed by atoms with van der Waals surface area (Å²) in [6.45, 7) is 22.2. The van der Waals surface area contributed by atoms with Crippen molar-refractivity contribution in [2.75, 3.05) is 6.61 Å². The monoisotopic (exact) mass is 657 g/mol. The molecule has 0 bridgehead atoms. The van der Waals surface area contributed by atoms with E-state index in [1.807, 2.05) is 13.5 Å². The fourth-order valence-electron chi connectivity index (χ4n) is 4.17. The van der Waals surface area contributed by atoms with Gasteiger partial charge in [-0.05, 0) is 88.5 Å². The number of benzene rings is 2. The Hall–Kier alpha value is -3.50. The molecular formula is C31H43NO9Si3. The zero-order valence-electron chi connectivity index (χ0n) is 27.0. The molecule has 1 aromatic heterocycles. The first-order chi connectivity index (χ1) is 20.4. The zero-order valence-corrected chi connectivity index (χ0v) is 30.0. The van der Waals surface area contributed by atoms with Crippen LogP contribution in [-0.4, -0.2) is 60.2 Å². The van der Waals surface area contributed by atoms with Crippen LogP contribution in [0.1, 0.15) is 25.8 Å². The highest BCUT2D eigenvalue weighted by molar-refractivity contribution is 6.85. The lowest BCUT2D eigenvalue weighted by Gasteiger charge is -2.37. The van der Waals surface area contributed by atoms with Gasteiger partial charge >= 0.3 is 20.7 Å². The van der Waals surface area contributed by atoms with E-state index in [0.717, 1.165) is 0 Å². The van der Waals surface area contributed by atoms with Crippen LogP contribution in [0.25, 0.3) is 28.6 Å². The lowest BCUT2D eigenvalue weighted by atomic mass is 10.1. The molecule has 1 atom stereocenters. The number of aromatic nitrogens is 1. The number of nitrogens with zero attached hydrogens (tertiary/aromatic N) is 1. The highest BCUT2D eigenvalue weighted by Gasteiger charge is 2.45. The number of esters is 1. The van der Waals surface area contributed by atoms with E-state index in [-0.39, 0.29) is 12.7 Å². The van der Waals surface area contributed by atoms with E-state index in [4.69, 9.17) is 26.5 Å². The second-order valence-corrected chi connectivity index (χ2v) is 24.5. The van der Waals surface area contributed by atoms with Crippen molar-refractivity contribution >= 4 is 54.6 Å². The van der Waals surface area contributed by atoms with Crippen LogP contribution < -0.4 is 4.74 Å². The number of carboxylic acid groups (broad SMARTS) is 1. The van der Waals surface area contributed by atoms with Gasteiger partial charge in [-0.2, -0.15) is 0 Å². The number of ether oxygens (including phenoxy) is 2. The minimum atomic E-state index is -2.97. The SMILES string of the molecule is C=C(COc1ccc2nc(-c3ccc(C=C(C(=O)O)C(=O)OC(C)CC)cc3)oc2c1)O[Si](C)(O[Si](C)(C)C)O[Si](C)(C)C. The number of carboxylic acids is 1. The van der Waals surface area contributed by atoms with Crippen molar-refractivity contribution in [3.8, 4) is 17.2 Å². The molecule has 0 saturated carbocycles. The average molecular weight is 658 g/mol. The molecule has 1 N–H and O–H groups in total. The number of fused-ring (bicyclic) bond motifs is 1. The van der Waals surface area contributed by atoms with Gasteiger partial charge in [0, 0.05) is 18.2 Å². The molecule has 3 rings (SSSR count). The number of carbonyl (C=O) groups is 2. The van der Waals surface area contributed by atoms with Crippen molar-refractivity contribution in [1.82, 2.24) is 4.98 Å². The molecule has 3 aromatic rings. The Balaban J connectivity index is 1.71. The maximum Gasteiger partial charge on any atom is 0.541 e. The minimum absolute atomic E-state index is 0.109. The fraction of sp³-hybridized carbons (Fsp3) is 0.387.